The van der Waals surface area contributed by atoms with Crippen LogP contribution in [-0.4, -0.2) is 69.2 Å². The van der Waals surface area contributed by atoms with Crippen LogP contribution in [0.15, 0.2) is 48.7 Å². The summed E-state index contributed by atoms with van der Waals surface area (Å²) in [6.07, 6.45) is 6.43. The van der Waals surface area contributed by atoms with Crippen LogP contribution >= 0.6 is 11.6 Å². The lowest BCUT2D eigenvalue weighted by molar-refractivity contribution is -0.160. The fourth-order valence-electron chi connectivity index (χ4n) is 4.76. The average molecular weight is 731 g/mol. The monoisotopic (exact) mass is 730 g/mol. The fraction of sp³-hybridized carbons (Fsp3) is 0.500. The zero-order chi connectivity index (χ0) is 36.6. The third kappa shape index (κ3) is 15.7. The van der Waals surface area contributed by atoms with Crippen LogP contribution in [0.4, 0.5) is 5.95 Å². The second-order valence-corrected chi connectivity index (χ2v) is 14.9. The molecule has 14 heteroatoms. The van der Waals surface area contributed by atoms with Crippen molar-refractivity contribution < 1.29 is 36.9 Å². The van der Waals surface area contributed by atoms with E-state index in [9.17, 15) is 18.5 Å². The van der Waals surface area contributed by atoms with Crippen LogP contribution in [0.1, 0.15) is 81.7 Å². The van der Waals surface area contributed by atoms with Gasteiger partial charge in [0.15, 0.2) is 5.75 Å². The highest BCUT2D eigenvalue weighted by molar-refractivity contribution is 7.91. The minimum Gasteiger partial charge on any atom is -0.491 e. The number of hydrogen-bond donors (Lipinski definition) is 1. The molecule has 50 heavy (non-hydrogen) atoms. The van der Waals surface area contributed by atoms with Crippen LogP contribution in [-0.2, 0) is 42.1 Å². The Morgan fingerprint density at radius 3 is 2.38 bits per heavy atom. The summed E-state index contributed by atoms with van der Waals surface area (Å²) in [7, 11) is -3.48. The van der Waals surface area contributed by atoms with E-state index in [0.717, 1.165) is 36.6 Å². The maximum absolute atomic E-state index is 11.6. The van der Waals surface area contributed by atoms with Crippen molar-refractivity contribution >= 4 is 33.5 Å². The van der Waals surface area contributed by atoms with Gasteiger partial charge >= 0.3 is 5.97 Å². The SMILES string of the molecule is C[C@H](Cc1cc(Cl)c(OCCCCCOCCCOCC(=O)OC(C)(C)C)c(C#N)c1)c1ccc(OCc2ccnc(NS(C)(=O)=O)n2)cc1. The molecule has 3 aromatic rings. The van der Waals surface area contributed by atoms with Gasteiger partial charge in [-0.15, -0.1) is 0 Å². The zero-order valence-electron chi connectivity index (χ0n) is 29.4. The van der Waals surface area contributed by atoms with Crippen molar-refractivity contribution in [3.63, 3.8) is 0 Å². The smallest absolute Gasteiger partial charge is 0.332 e. The van der Waals surface area contributed by atoms with Gasteiger partial charge in [0, 0.05) is 26.0 Å². The molecule has 12 nitrogen and oxygen atoms in total. The lowest BCUT2D eigenvalue weighted by Crippen LogP contribution is -2.26. The van der Waals surface area contributed by atoms with Gasteiger partial charge in [-0.25, -0.2) is 23.2 Å². The molecule has 1 N–H and O–H groups in total. The van der Waals surface area contributed by atoms with Crippen molar-refractivity contribution in [2.24, 2.45) is 0 Å². The predicted octanol–water partition coefficient (Wildman–Crippen LogP) is 6.61. The molecule has 1 aromatic heterocycles. The number of nitrogens with zero attached hydrogens (tertiary/aromatic N) is 3. The van der Waals surface area contributed by atoms with E-state index in [0.29, 0.717) is 67.0 Å². The Balaban J connectivity index is 1.36. The quantitative estimate of drug-likeness (QED) is 0.0928. The summed E-state index contributed by atoms with van der Waals surface area (Å²) >= 11 is 6.58. The Kier molecular flexibility index (Phi) is 16.2. The van der Waals surface area contributed by atoms with Gasteiger partial charge in [0.05, 0.1) is 29.1 Å². The summed E-state index contributed by atoms with van der Waals surface area (Å²) in [5.41, 5.74) is 2.43. The lowest BCUT2D eigenvalue weighted by Gasteiger charge is -2.19. The molecule has 2 aromatic carbocycles. The molecule has 0 bridgehead atoms. The first kappa shape index (κ1) is 40.5. The molecule has 0 saturated carbocycles. The standard InChI is InChI=1S/C36H47ClN4O8S/c1-26(28-10-12-31(13-11-28)48-24-30-14-15-39-35(40-30)41-50(5,43)44)20-27-21-29(23-38)34(32(37)22-27)47-19-8-6-7-16-45-17-9-18-46-25-33(42)49-36(2,3)4/h10-15,21-22,26H,6-9,16-20,24-25H2,1-5H3,(H,39,40,41)/t26-/m1/s1. The molecule has 0 fully saturated rings. The molecule has 0 unspecified atom stereocenters. The van der Waals surface area contributed by atoms with Crippen LogP contribution in [0, 0.1) is 11.3 Å². The van der Waals surface area contributed by atoms with Gasteiger partial charge in [0.25, 0.3) is 0 Å². The molecule has 272 valence electrons. The number of nitriles is 1. The molecule has 0 spiro atoms. The third-order valence-electron chi connectivity index (χ3n) is 6.99. The number of benzene rings is 2. The van der Waals surface area contributed by atoms with Crippen molar-refractivity contribution in [2.75, 3.05) is 44.0 Å². The van der Waals surface area contributed by atoms with Crippen molar-refractivity contribution in [3.8, 4) is 17.6 Å². The topological polar surface area (TPSA) is 159 Å². The van der Waals surface area contributed by atoms with E-state index in [1.54, 1.807) is 6.07 Å². The van der Waals surface area contributed by atoms with Crippen LogP contribution in [0.25, 0.3) is 0 Å². The van der Waals surface area contributed by atoms with Gasteiger partial charge in [-0.1, -0.05) is 30.7 Å². The molecular formula is C36H47ClN4O8S. The number of nitrogens with one attached hydrogen (secondary N) is 1. The Bertz CT molecular complexity index is 1670. The molecule has 1 atom stereocenters. The minimum atomic E-state index is -3.48. The minimum absolute atomic E-state index is 0.0101. The molecule has 0 radical (unpaired) electrons. The van der Waals surface area contributed by atoms with Crippen molar-refractivity contribution in [1.82, 2.24) is 9.97 Å². The van der Waals surface area contributed by atoms with Crippen molar-refractivity contribution in [2.45, 2.75) is 77.9 Å². The van der Waals surface area contributed by atoms with E-state index in [-0.39, 0.29) is 31.0 Å². The van der Waals surface area contributed by atoms with E-state index in [1.807, 2.05) is 57.2 Å². The van der Waals surface area contributed by atoms with Crippen LogP contribution in [0.2, 0.25) is 5.02 Å². The van der Waals surface area contributed by atoms with Gasteiger partial charge in [0.1, 0.15) is 30.6 Å². The first-order chi connectivity index (χ1) is 23.7. The van der Waals surface area contributed by atoms with Crippen molar-refractivity contribution in [3.05, 3.63) is 76.1 Å². The maximum Gasteiger partial charge on any atom is 0.332 e. The number of carbonyl (C=O) groups excluding carboxylic acids is 1. The van der Waals surface area contributed by atoms with Gasteiger partial charge < -0.3 is 23.7 Å². The number of rotatable bonds is 21. The maximum atomic E-state index is 11.6. The Morgan fingerprint density at radius 1 is 0.980 bits per heavy atom. The van der Waals surface area contributed by atoms with E-state index < -0.39 is 15.6 Å². The number of sulfonamides is 1. The van der Waals surface area contributed by atoms with Gasteiger partial charge in [-0.3, -0.25) is 4.72 Å². The van der Waals surface area contributed by atoms with Crippen molar-refractivity contribution in [1.29, 1.82) is 5.26 Å². The first-order valence-electron chi connectivity index (χ1n) is 16.5. The summed E-state index contributed by atoms with van der Waals surface area (Å²) in [6, 6.07) is 15.2. The largest absolute Gasteiger partial charge is 0.491 e. The second kappa shape index (κ2) is 20.0. The zero-order valence-corrected chi connectivity index (χ0v) is 30.9. The number of unbranched alkanes of at least 4 members (excludes halogenated alkanes) is 2. The average Bonchev–Trinajstić information content (AvgIpc) is 3.03. The van der Waals surface area contributed by atoms with E-state index >= 15 is 0 Å². The molecule has 1 heterocycles. The van der Waals surface area contributed by atoms with Crippen LogP contribution in [0.3, 0.4) is 0 Å². The number of aromatic nitrogens is 2. The third-order valence-corrected chi connectivity index (χ3v) is 7.82. The molecule has 0 amide bonds. The second-order valence-electron chi connectivity index (χ2n) is 12.8. The summed E-state index contributed by atoms with van der Waals surface area (Å²) < 4.78 is 53.0. The normalized spacial score (nSPS) is 12.2. The summed E-state index contributed by atoms with van der Waals surface area (Å²) in [5, 5.41) is 10.2. The predicted molar refractivity (Wildman–Crippen MR) is 191 cm³/mol. The number of ether oxygens (including phenoxy) is 5. The molecule has 0 aliphatic rings. The van der Waals surface area contributed by atoms with Crippen LogP contribution in [0.5, 0.6) is 11.5 Å². The highest BCUT2D eigenvalue weighted by Gasteiger charge is 2.16. The number of anilines is 1. The van der Waals surface area contributed by atoms with Gasteiger partial charge in [-0.05, 0) is 100 Å². The number of carbonyl (C=O) groups is 1. The molecule has 0 aliphatic heterocycles. The van der Waals surface area contributed by atoms with E-state index in [2.05, 4.69) is 27.7 Å². The molecule has 0 aliphatic carbocycles. The van der Waals surface area contributed by atoms with Gasteiger partial charge in [0.2, 0.25) is 16.0 Å². The van der Waals surface area contributed by atoms with E-state index in [1.165, 1.54) is 6.20 Å². The Morgan fingerprint density at radius 2 is 1.68 bits per heavy atom. The molecular weight excluding hydrogens is 684 g/mol. The fourth-order valence-corrected chi connectivity index (χ4v) is 5.49. The highest BCUT2D eigenvalue weighted by atomic mass is 35.5. The molecule has 3 rings (SSSR count). The summed E-state index contributed by atoms with van der Waals surface area (Å²) in [5.74, 6) is 0.793. The Hall–Kier alpha value is -3.96. The number of halogens is 1. The first-order valence-corrected chi connectivity index (χ1v) is 18.7. The van der Waals surface area contributed by atoms with Gasteiger partial charge in [-0.2, -0.15) is 5.26 Å². The lowest BCUT2D eigenvalue weighted by atomic mass is 9.93. The summed E-state index contributed by atoms with van der Waals surface area (Å²) in [4.78, 5) is 19.7. The summed E-state index contributed by atoms with van der Waals surface area (Å²) in [6.45, 7) is 9.68. The highest BCUT2D eigenvalue weighted by Crippen LogP contribution is 2.33. The van der Waals surface area contributed by atoms with E-state index in [4.69, 9.17) is 35.3 Å². The number of hydrogen-bond acceptors (Lipinski definition) is 11. The Labute approximate surface area is 300 Å². The number of esters is 1. The van der Waals surface area contributed by atoms with Crippen LogP contribution < -0.4 is 14.2 Å². The molecule has 0 saturated heterocycles.